The van der Waals surface area contributed by atoms with Gasteiger partial charge >= 0.3 is 6.16 Å². The van der Waals surface area contributed by atoms with Gasteiger partial charge in [-0.2, -0.15) is 0 Å². The average molecular weight is 225 g/mol. The van der Waals surface area contributed by atoms with Crippen molar-refractivity contribution >= 4 is 16.3 Å². The Morgan fingerprint density at radius 2 is 1.86 bits per heavy atom. The minimum absolute atomic E-state index is 0.0982. The summed E-state index contributed by atoms with van der Waals surface area (Å²) in [6.45, 7) is 4.57. The van der Waals surface area contributed by atoms with Crippen LogP contribution in [0.5, 0.6) is 0 Å². The van der Waals surface area contributed by atoms with E-state index in [1.807, 2.05) is 0 Å². The van der Waals surface area contributed by atoms with Crippen molar-refractivity contribution in [2.24, 2.45) is 0 Å². The molecule has 0 saturated heterocycles. The zero-order valence-corrected chi connectivity index (χ0v) is 9.04. The summed E-state index contributed by atoms with van der Waals surface area (Å²) < 4.78 is 40.3. The molecule has 0 aromatic heterocycles. The first-order chi connectivity index (χ1) is 6.27. The molecule has 1 unspecified atom stereocenters. The summed E-state index contributed by atoms with van der Waals surface area (Å²) in [5, 5.41) is 0. The molecule has 14 heavy (non-hydrogen) atoms. The van der Waals surface area contributed by atoms with Gasteiger partial charge in [-0.25, -0.2) is 13.2 Å². The highest BCUT2D eigenvalue weighted by Crippen LogP contribution is 2.07. The van der Waals surface area contributed by atoms with Crippen LogP contribution in [-0.2, 0) is 19.6 Å². The van der Waals surface area contributed by atoms with Gasteiger partial charge in [0.25, 0.3) is 0 Å². The lowest BCUT2D eigenvalue weighted by Crippen LogP contribution is -2.27. The largest absolute Gasteiger partial charge is 0.745 e. The molecule has 0 aliphatic carbocycles. The van der Waals surface area contributed by atoms with Crippen molar-refractivity contribution in [1.29, 1.82) is 0 Å². The van der Waals surface area contributed by atoms with Crippen molar-refractivity contribution in [3.05, 3.63) is 0 Å². The van der Waals surface area contributed by atoms with Crippen LogP contribution in [-0.4, -0.2) is 30.7 Å². The van der Waals surface area contributed by atoms with E-state index in [2.05, 4.69) is 9.47 Å². The van der Waals surface area contributed by atoms with Gasteiger partial charge in [-0.1, -0.05) is 6.92 Å². The fourth-order valence-corrected chi connectivity index (χ4v) is 1.28. The van der Waals surface area contributed by atoms with Crippen molar-refractivity contribution in [2.45, 2.75) is 38.7 Å². The third-order valence-corrected chi connectivity index (χ3v) is 2.29. The number of carbonyl (C=O) groups is 1. The Balaban J connectivity index is 4.28. The summed E-state index contributed by atoms with van der Waals surface area (Å²) in [4.78, 5) is 10.8. The second kappa shape index (κ2) is 5.16. The highest BCUT2D eigenvalue weighted by molar-refractivity contribution is 7.86. The van der Waals surface area contributed by atoms with Crippen molar-refractivity contribution in [3.8, 4) is 0 Å². The van der Waals surface area contributed by atoms with Gasteiger partial charge in [-0.05, 0) is 20.3 Å². The summed E-state index contributed by atoms with van der Waals surface area (Å²) in [6.07, 6.45) is -1.67. The van der Waals surface area contributed by atoms with Gasteiger partial charge in [0.15, 0.2) is 5.44 Å². The molecule has 1 atom stereocenters. The monoisotopic (exact) mass is 225 g/mol. The molecule has 0 fully saturated rings. The fraction of sp³-hybridized carbons (Fsp3) is 0.857. The summed E-state index contributed by atoms with van der Waals surface area (Å²) in [5.74, 6) is 0. The molecular formula is C7H13O6S-. The van der Waals surface area contributed by atoms with E-state index in [0.717, 1.165) is 0 Å². The van der Waals surface area contributed by atoms with Crippen LogP contribution in [0.1, 0.15) is 27.2 Å². The zero-order valence-electron chi connectivity index (χ0n) is 8.22. The molecule has 0 radical (unpaired) electrons. The van der Waals surface area contributed by atoms with E-state index in [4.69, 9.17) is 0 Å². The number of hydrogen-bond donors (Lipinski definition) is 0. The van der Waals surface area contributed by atoms with Crippen molar-refractivity contribution in [3.63, 3.8) is 0 Å². The van der Waals surface area contributed by atoms with E-state index < -0.39 is 27.8 Å². The first kappa shape index (κ1) is 13.2. The second-order valence-corrected chi connectivity index (χ2v) is 4.38. The molecule has 0 spiro atoms. The summed E-state index contributed by atoms with van der Waals surface area (Å²) in [5.41, 5.74) is -1.67. The molecule has 0 saturated carbocycles. The van der Waals surface area contributed by atoms with Gasteiger partial charge in [0.2, 0.25) is 0 Å². The van der Waals surface area contributed by atoms with Crippen LogP contribution in [0, 0.1) is 0 Å². The van der Waals surface area contributed by atoms with Crippen LogP contribution in [0.25, 0.3) is 0 Å². The Morgan fingerprint density at radius 1 is 1.36 bits per heavy atom. The number of carbonyl (C=O) groups excluding carboxylic acids is 1. The van der Waals surface area contributed by atoms with Gasteiger partial charge in [-0.3, -0.25) is 0 Å². The minimum Gasteiger partial charge on any atom is -0.745 e. The third kappa shape index (κ3) is 5.03. The molecule has 7 heteroatoms. The zero-order chi connectivity index (χ0) is 11.4. The maximum Gasteiger partial charge on any atom is 0.509 e. The molecule has 0 aliphatic rings. The molecule has 0 rings (SSSR count). The molecule has 6 nitrogen and oxygen atoms in total. The van der Waals surface area contributed by atoms with Crippen LogP contribution in [0.4, 0.5) is 4.79 Å². The molecule has 0 bridgehead atoms. The molecule has 0 amide bonds. The second-order valence-electron chi connectivity index (χ2n) is 2.87. The maximum absolute atomic E-state index is 10.8. The smallest absolute Gasteiger partial charge is 0.509 e. The van der Waals surface area contributed by atoms with E-state index in [-0.39, 0.29) is 6.42 Å². The SMILES string of the molecule is CCC(OC(=O)OC(C)C)S(=O)(=O)[O-]. The number of ether oxygens (including phenoxy) is 2. The predicted octanol–water partition coefficient (Wildman–Crippen LogP) is 0.829. The topological polar surface area (TPSA) is 92.7 Å². The Labute approximate surface area is 82.9 Å². The molecule has 0 heterocycles. The Morgan fingerprint density at radius 3 is 2.14 bits per heavy atom. The molecule has 0 aromatic rings. The third-order valence-electron chi connectivity index (χ3n) is 1.21. The molecular weight excluding hydrogens is 212 g/mol. The van der Waals surface area contributed by atoms with Gasteiger partial charge in [0.1, 0.15) is 10.1 Å². The molecule has 0 N–H and O–H groups in total. The molecule has 0 aliphatic heterocycles. The predicted molar refractivity (Wildman–Crippen MR) is 46.5 cm³/mol. The highest BCUT2D eigenvalue weighted by Gasteiger charge is 2.20. The lowest BCUT2D eigenvalue weighted by atomic mass is 10.5. The van der Waals surface area contributed by atoms with Crippen molar-refractivity contribution in [2.75, 3.05) is 0 Å². The van der Waals surface area contributed by atoms with E-state index in [1.165, 1.54) is 6.92 Å². The minimum atomic E-state index is -4.62. The number of hydrogen-bond acceptors (Lipinski definition) is 6. The average Bonchev–Trinajstić information content (AvgIpc) is 1.96. The molecule has 0 aromatic carbocycles. The van der Waals surface area contributed by atoms with Gasteiger partial charge < -0.3 is 14.0 Å². The normalized spacial score (nSPS) is 13.8. The standard InChI is InChI=1S/C7H14O6S/c1-4-6(14(9,10)11)13-7(8)12-5(2)3/h5-6H,4H2,1-3H3,(H,9,10,11)/p-1. The van der Waals surface area contributed by atoms with E-state index in [9.17, 15) is 17.8 Å². The summed E-state index contributed by atoms with van der Waals surface area (Å²) in [6, 6.07) is 0. The van der Waals surface area contributed by atoms with E-state index in [1.54, 1.807) is 13.8 Å². The van der Waals surface area contributed by atoms with Crippen LogP contribution >= 0.6 is 0 Å². The maximum atomic E-state index is 10.8. The van der Waals surface area contributed by atoms with E-state index in [0.29, 0.717) is 0 Å². The van der Waals surface area contributed by atoms with Crippen LogP contribution in [0.3, 0.4) is 0 Å². The van der Waals surface area contributed by atoms with Crippen LogP contribution in [0.15, 0.2) is 0 Å². The lowest BCUT2D eigenvalue weighted by Gasteiger charge is -2.19. The quantitative estimate of drug-likeness (QED) is 0.519. The first-order valence-electron chi connectivity index (χ1n) is 4.09. The Kier molecular flexibility index (Phi) is 4.86. The fourth-order valence-electron chi connectivity index (χ4n) is 0.674. The number of rotatable bonds is 4. The van der Waals surface area contributed by atoms with Gasteiger partial charge in [0.05, 0.1) is 6.10 Å². The van der Waals surface area contributed by atoms with Crippen LogP contribution in [0.2, 0.25) is 0 Å². The first-order valence-corrected chi connectivity index (χ1v) is 5.56. The van der Waals surface area contributed by atoms with Crippen molar-refractivity contribution in [1.82, 2.24) is 0 Å². The highest BCUT2D eigenvalue weighted by atomic mass is 32.2. The Hall–Kier alpha value is -0.820. The summed E-state index contributed by atoms with van der Waals surface area (Å²) in [7, 11) is -4.62. The van der Waals surface area contributed by atoms with Gasteiger partial charge in [-0.15, -0.1) is 0 Å². The summed E-state index contributed by atoms with van der Waals surface area (Å²) >= 11 is 0. The van der Waals surface area contributed by atoms with E-state index >= 15 is 0 Å². The van der Waals surface area contributed by atoms with Crippen molar-refractivity contribution < 1.29 is 27.2 Å². The lowest BCUT2D eigenvalue weighted by molar-refractivity contribution is 0.0231. The van der Waals surface area contributed by atoms with Crippen LogP contribution < -0.4 is 0 Å². The van der Waals surface area contributed by atoms with Gasteiger partial charge in [0, 0.05) is 0 Å². The molecule has 84 valence electrons. The Bertz CT molecular complexity index is 281.